The van der Waals surface area contributed by atoms with Crippen LogP contribution in [0.5, 0.6) is 0 Å². The molecule has 0 bridgehead atoms. The van der Waals surface area contributed by atoms with Crippen molar-refractivity contribution in [3.8, 4) is 0 Å². The van der Waals surface area contributed by atoms with Crippen LogP contribution in [0.15, 0.2) is 30.5 Å². The van der Waals surface area contributed by atoms with Gasteiger partial charge in [-0.1, -0.05) is 6.07 Å². The molecule has 0 aliphatic carbocycles. The van der Waals surface area contributed by atoms with Crippen molar-refractivity contribution in [2.45, 2.75) is 25.3 Å². The number of amides is 2. The van der Waals surface area contributed by atoms with Crippen LogP contribution in [0.2, 0.25) is 0 Å². The first-order valence-corrected chi connectivity index (χ1v) is 8.56. The third-order valence-electron chi connectivity index (χ3n) is 5.28. The smallest absolute Gasteiger partial charge is 0.321 e. The van der Waals surface area contributed by atoms with E-state index in [4.69, 9.17) is 0 Å². The van der Waals surface area contributed by atoms with E-state index in [1.807, 2.05) is 30.3 Å². The van der Waals surface area contributed by atoms with E-state index in [0.29, 0.717) is 6.04 Å². The van der Waals surface area contributed by atoms with Crippen molar-refractivity contribution >= 4 is 22.6 Å². The summed E-state index contributed by atoms with van der Waals surface area (Å²) >= 11 is 0. The van der Waals surface area contributed by atoms with Crippen LogP contribution in [-0.2, 0) is 7.05 Å². The Morgan fingerprint density at radius 2 is 2.00 bits per heavy atom. The van der Waals surface area contributed by atoms with Crippen molar-refractivity contribution in [1.29, 1.82) is 0 Å². The molecule has 0 radical (unpaired) electrons. The summed E-state index contributed by atoms with van der Waals surface area (Å²) in [4.78, 5) is 17.1. The van der Waals surface area contributed by atoms with Crippen molar-refractivity contribution in [1.82, 2.24) is 14.4 Å². The molecular weight excluding hydrogens is 288 g/mol. The Hall–Kier alpha value is -2.01. The second kappa shape index (κ2) is 5.89. The maximum absolute atomic E-state index is 12.6. The lowest BCUT2D eigenvalue weighted by Gasteiger charge is -2.23. The number of hydrogen-bond donors (Lipinski definition) is 1. The van der Waals surface area contributed by atoms with Gasteiger partial charge in [0.15, 0.2) is 0 Å². The fraction of sp³-hybridized carbons (Fsp3) is 0.500. The van der Waals surface area contributed by atoms with E-state index in [-0.39, 0.29) is 6.03 Å². The monoisotopic (exact) mass is 312 g/mol. The Bertz CT molecular complexity index is 717. The van der Waals surface area contributed by atoms with Crippen molar-refractivity contribution < 1.29 is 4.79 Å². The maximum Gasteiger partial charge on any atom is 0.321 e. The van der Waals surface area contributed by atoms with Crippen LogP contribution < -0.4 is 5.32 Å². The van der Waals surface area contributed by atoms with Crippen LogP contribution in [0.4, 0.5) is 10.5 Å². The molecule has 1 N–H and O–H groups in total. The van der Waals surface area contributed by atoms with Crippen LogP contribution in [0.25, 0.3) is 10.9 Å². The molecule has 1 aromatic heterocycles. The summed E-state index contributed by atoms with van der Waals surface area (Å²) in [5, 5.41) is 4.20. The zero-order valence-electron chi connectivity index (χ0n) is 13.7. The average molecular weight is 312 g/mol. The molecule has 122 valence electrons. The highest BCUT2D eigenvalue weighted by atomic mass is 16.2. The van der Waals surface area contributed by atoms with E-state index in [1.165, 1.54) is 25.9 Å². The van der Waals surface area contributed by atoms with E-state index >= 15 is 0 Å². The van der Waals surface area contributed by atoms with Gasteiger partial charge in [-0.2, -0.15) is 0 Å². The van der Waals surface area contributed by atoms with Gasteiger partial charge in [0.25, 0.3) is 0 Å². The number of benzene rings is 1. The first-order valence-electron chi connectivity index (χ1n) is 8.56. The minimum Gasteiger partial charge on any atom is -0.350 e. The van der Waals surface area contributed by atoms with E-state index < -0.39 is 0 Å². The molecule has 5 nitrogen and oxygen atoms in total. The van der Waals surface area contributed by atoms with Crippen LogP contribution in [0.3, 0.4) is 0 Å². The number of rotatable bonds is 2. The number of fused-ring (bicyclic) bond motifs is 1. The predicted octanol–water partition coefficient (Wildman–Crippen LogP) is 2.88. The van der Waals surface area contributed by atoms with Crippen LogP contribution in [-0.4, -0.2) is 52.6 Å². The summed E-state index contributed by atoms with van der Waals surface area (Å²) < 4.78 is 2.07. The Kier molecular flexibility index (Phi) is 3.73. The lowest BCUT2D eigenvalue weighted by atomic mass is 10.2. The van der Waals surface area contributed by atoms with E-state index in [2.05, 4.69) is 26.9 Å². The molecule has 0 spiro atoms. The Labute approximate surface area is 136 Å². The Morgan fingerprint density at radius 1 is 1.17 bits per heavy atom. The highest BCUT2D eigenvalue weighted by molar-refractivity contribution is 6.00. The van der Waals surface area contributed by atoms with Crippen molar-refractivity contribution in [2.24, 2.45) is 7.05 Å². The number of nitrogens with zero attached hydrogens (tertiary/aromatic N) is 3. The number of aromatic nitrogens is 1. The largest absolute Gasteiger partial charge is 0.350 e. The Balaban J connectivity index is 1.45. The molecule has 0 saturated carbocycles. The number of likely N-dealkylation sites (tertiary alicyclic amines) is 2. The van der Waals surface area contributed by atoms with E-state index in [1.54, 1.807) is 0 Å². The van der Waals surface area contributed by atoms with E-state index in [0.717, 1.165) is 36.1 Å². The summed E-state index contributed by atoms with van der Waals surface area (Å²) in [6.07, 6.45) is 5.74. The molecule has 2 aliphatic rings. The molecule has 3 heterocycles. The SMILES string of the molecule is Cn1ccc2c(NC(=O)N3CCC(N4CCCC4)C3)cccc21. The number of nitrogens with one attached hydrogen (secondary N) is 1. The molecule has 4 rings (SSSR count). The van der Waals surface area contributed by atoms with Gasteiger partial charge in [0, 0.05) is 43.3 Å². The third kappa shape index (κ3) is 2.70. The number of urea groups is 1. The number of carbonyl (C=O) groups excluding carboxylic acids is 1. The molecule has 1 aromatic carbocycles. The Morgan fingerprint density at radius 3 is 2.83 bits per heavy atom. The minimum absolute atomic E-state index is 0.0306. The van der Waals surface area contributed by atoms with Gasteiger partial charge in [0.05, 0.1) is 5.69 Å². The average Bonchev–Trinajstić information content (AvgIpc) is 3.28. The second-order valence-corrected chi connectivity index (χ2v) is 6.73. The zero-order valence-corrected chi connectivity index (χ0v) is 13.7. The van der Waals surface area contributed by atoms with Crippen LogP contribution in [0.1, 0.15) is 19.3 Å². The maximum atomic E-state index is 12.6. The molecule has 2 amide bonds. The van der Waals surface area contributed by atoms with Gasteiger partial charge in [-0.25, -0.2) is 4.79 Å². The zero-order chi connectivity index (χ0) is 15.8. The van der Waals surface area contributed by atoms with Crippen LogP contribution >= 0.6 is 0 Å². The predicted molar refractivity (Wildman–Crippen MR) is 92.7 cm³/mol. The van der Waals surface area contributed by atoms with E-state index in [9.17, 15) is 4.79 Å². The number of hydrogen-bond acceptors (Lipinski definition) is 2. The van der Waals surface area contributed by atoms with Crippen LogP contribution in [0, 0.1) is 0 Å². The summed E-state index contributed by atoms with van der Waals surface area (Å²) in [7, 11) is 2.02. The second-order valence-electron chi connectivity index (χ2n) is 6.73. The minimum atomic E-state index is 0.0306. The molecule has 2 aromatic rings. The quantitative estimate of drug-likeness (QED) is 0.926. The van der Waals surface area contributed by atoms with Gasteiger partial charge in [0.1, 0.15) is 0 Å². The van der Waals surface area contributed by atoms with Gasteiger partial charge in [-0.05, 0) is 50.6 Å². The standard InChI is InChI=1S/C18H24N4O/c1-20-11-8-15-16(5-4-6-17(15)20)19-18(23)22-12-7-14(13-22)21-9-2-3-10-21/h4-6,8,11,14H,2-3,7,9-10,12-13H2,1H3,(H,19,23). The molecule has 23 heavy (non-hydrogen) atoms. The lowest BCUT2D eigenvalue weighted by molar-refractivity contribution is 0.210. The topological polar surface area (TPSA) is 40.5 Å². The summed E-state index contributed by atoms with van der Waals surface area (Å²) in [6.45, 7) is 4.11. The number of carbonyl (C=O) groups is 1. The first kappa shape index (κ1) is 14.6. The summed E-state index contributed by atoms with van der Waals surface area (Å²) in [5.41, 5.74) is 2.04. The van der Waals surface area contributed by atoms with Gasteiger partial charge in [-0.3, -0.25) is 4.90 Å². The van der Waals surface area contributed by atoms with Gasteiger partial charge >= 0.3 is 6.03 Å². The highest BCUT2D eigenvalue weighted by Gasteiger charge is 2.31. The molecule has 2 fully saturated rings. The van der Waals surface area contributed by atoms with Gasteiger partial charge < -0.3 is 14.8 Å². The van der Waals surface area contributed by atoms with Crippen molar-refractivity contribution in [3.63, 3.8) is 0 Å². The molecule has 1 atom stereocenters. The molecule has 2 saturated heterocycles. The molecule has 2 aliphatic heterocycles. The molecule has 1 unspecified atom stereocenters. The molecular formula is C18H24N4O. The number of aryl methyl sites for hydroxylation is 1. The fourth-order valence-electron chi connectivity index (χ4n) is 3.94. The van der Waals surface area contributed by atoms with Gasteiger partial charge in [0.2, 0.25) is 0 Å². The first-order chi connectivity index (χ1) is 11.2. The van der Waals surface area contributed by atoms with Gasteiger partial charge in [-0.15, -0.1) is 0 Å². The highest BCUT2D eigenvalue weighted by Crippen LogP contribution is 2.25. The fourth-order valence-corrected chi connectivity index (χ4v) is 3.94. The lowest BCUT2D eigenvalue weighted by Crippen LogP contribution is -2.38. The third-order valence-corrected chi connectivity index (χ3v) is 5.28. The number of anilines is 1. The van der Waals surface area contributed by atoms with Crippen molar-refractivity contribution in [2.75, 3.05) is 31.5 Å². The molecule has 5 heteroatoms. The normalized spacial score (nSPS) is 22.1. The van der Waals surface area contributed by atoms with Crippen molar-refractivity contribution in [3.05, 3.63) is 30.5 Å². The summed E-state index contributed by atoms with van der Waals surface area (Å²) in [6, 6.07) is 8.69. The summed E-state index contributed by atoms with van der Waals surface area (Å²) in [5.74, 6) is 0.